The second-order valence-electron chi connectivity index (χ2n) is 19.7. The SMILES string of the molecule is [C-]#[N+]c1cc(-c2c(Cn3c4ccccc4c4ccccc43)c(-c3cc(C#N)nc(C#N)c3)c(-n3c4ccccc4c4ccccc43)c(-n3c4ccccc4c4ccccc43)c2-n2c3ccccc3c3ccccc32)cc(C#N)n1. The van der Waals surface area contributed by atoms with Crippen LogP contribution in [-0.2, 0) is 6.54 Å². The molecule has 6 heterocycles. The molecule has 0 amide bonds. The summed E-state index contributed by atoms with van der Waals surface area (Å²) >= 11 is 0. The van der Waals surface area contributed by atoms with Crippen molar-refractivity contribution in [3.63, 3.8) is 0 Å². The van der Waals surface area contributed by atoms with Crippen LogP contribution >= 0.6 is 0 Å². The molecule has 9 aromatic carbocycles. The van der Waals surface area contributed by atoms with Gasteiger partial charge in [-0.3, -0.25) is 0 Å². The molecule has 0 N–H and O–H groups in total. The van der Waals surface area contributed by atoms with E-state index >= 15 is 0 Å². The number of hydrogen-bond acceptors (Lipinski definition) is 5. The maximum absolute atomic E-state index is 10.9. The van der Waals surface area contributed by atoms with Gasteiger partial charge in [-0.2, -0.15) is 15.8 Å². The monoisotopic (exact) mass is 1010 g/mol. The third kappa shape index (κ3) is 6.60. The molecule has 0 saturated heterocycles. The van der Waals surface area contributed by atoms with Crippen LogP contribution in [0.5, 0.6) is 0 Å². The highest BCUT2D eigenvalue weighted by Gasteiger charge is 2.35. The third-order valence-electron chi connectivity index (χ3n) is 15.6. The van der Waals surface area contributed by atoms with Gasteiger partial charge in [0, 0.05) is 77.9 Å². The van der Waals surface area contributed by atoms with Gasteiger partial charge in [0.15, 0.2) is 0 Å². The van der Waals surface area contributed by atoms with Crippen LogP contribution in [0.3, 0.4) is 0 Å². The van der Waals surface area contributed by atoms with Crippen molar-refractivity contribution in [1.29, 1.82) is 15.8 Å². The van der Waals surface area contributed by atoms with Crippen LogP contribution in [0, 0.1) is 40.6 Å². The molecule has 10 heteroatoms. The second-order valence-corrected chi connectivity index (χ2v) is 19.7. The lowest BCUT2D eigenvalue weighted by atomic mass is 9.86. The van der Waals surface area contributed by atoms with E-state index in [4.69, 9.17) is 6.57 Å². The third-order valence-corrected chi connectivity index (χ3v) is 15.6. The highest BCUT2D eigenvalue weighted by Crippen LogP contribution is 2.53. The van der Waals surface area contributed by atoms with E-state index in [0.717, 1.165) is 110 Å². The van der Waals surface area contributed by atoms with Gasteiger partial charge in [0.25, 0.3) is 5.82 Å². The van der Waals surface area contributed by atoms with Gasteiger partial charge in [0.05, 0.1) is 50.2 Å². The Morgan fingerprint density at radius 1 is 0.354 bits per heavy atom. The normalized spacial score (nSPS) is 11.5. The van der Waals surface area contributed by atoms with Gasteiger partial charge in [-0.1, -0.05) is 152 Å². The molecule has 0 spiro atoms. The average Bonchev–Trinajstić information content (AvgIpc) is 3.63. The van der Waals surface area contributed by atoms with Crippen LogP contribution < -0.4 is 0 Å². The molecule has 0 radical (unpaired) electrons. The van der Waals surface area contributed by atoms with Gasteiger partial charge < -0.3 is 23.1 Å². The largest absolute Gasteiger partial charge is 0.361 e. The highest BCUT2D eigenvalue weighted by molar-refractivity contribution is 6.16. The minimum absolute atomic E-state index is 0.0546. The van der Waals surface area contributed by atoms with E-state index in [1.165, 1.54) is 0 Å². The summed E-state index contributed by atoms with van der Waals surface area (Å²) in [5.74, 6) is 0.0546. The van der Waals surface area contributed by atoms with E-state index in [-0.39, 0.29) is 29.4 Å². The lowest BCUT2D eigenvalue weighted by Crippen LogP contribution is -2.17. The Hall–Kier alpha value is -11.6. The summed E-state index contributed by atoms with van der Waals surface area (Å²) in [6, 6.07) is 81.8. The molecule has 15 rings (SSSR count). The maximum Gasteiger partial charge on any atom is 0.271 e. The number of benzene rings is 9. The maximum atomic E-state index is 10.9. The Labute approximate surface area is 451 Å². The molecule has 0 fully saturated rings. The quantitative estimate of drug-likeness (QED) is 0.147. The van der Waals surface area contributed by atoms with Crippen molar-refractivity contribution in [3.05, 3.63) is 252 Å². The summed E-state index contributed by atoms with van der Waals surface area (Å²) < 4.78 is 9.46. The molecule has 0 aliphatic carbocycles. The predicted octanol–water partition coefficient (Wildman–Crippen LogP) is 16.4. The zero-order valence-electron chi connectivity index (χ0n) is 42.0. The first-order valence-corrected chi connectivity index (χ1v) is 25.8. The second kappa shape index (κ2) is 17.5. The summed E-state index contributed by atoms with van der Waals surface area (Å²) in [7, 11) is 0. The van der Waals surface area contributed by atoms with Crippen molar-refractivity contribution < 1.29 is 0 Å². The summed E-state index contributed by atoms with van der Waals surface area (Å²) in [5, 5.41) is 41.1. The number of fused-ring (bicyclic) bond motifs is 12. The molecule has 0 unspecified atom stereocenters. The van der Waals surface area contributed by atoms with Crippen LogP contribution in [0.4, 0.5) is 5.82 Å². The Balaban J connectivity index is 1.33. The topological polar surface area (TPSA) is 121 Å². The first-order chi connectivity index (χ1) is 39.0. The molecule has 10 nitrogen and oxygen atoms in total. The van der Waals surface area contributed by atoms with Crippen LogP contribution in [0.1, 0.15) is 22.6 Å². The van der Waals surface area contributed by atoms with Crippen molar-refractivity contribution in [3.8, 4) is 57.5 Å². The molecule has 0 aliphatic rings. The Morgan fingerprint density at radius 3 is 0.962 bits per heavy atom. The summed E-state index contributed by atoms with van der Waals surface area (Å²) in [4.78, 5) is 13.1. The zero-order valence-corrected chi connectivity index (χ0v) is 42.0. The molecular weight excluding hydrogens is 969 g/mol. The predicted molar refractivity (Wildman–Crippen MR) is 315 cm³/mol. The van der Waals surface area contributed by atoms with E-state index < -0.39 is 0 Å². The molecule has 15 aromatic rings. The fourth-order valence-corrected chi connectivity index (χ4v) is 12.6. The van der Waals surface area contributed by atoms with Crippen LogP contribution in [0.15, 0.2) is 218 Å². The molecule has 79 heavy (non-hydrogen) atoms. The van der Waals surface area contributed by atoms with Crippen molar-refractivity contribution in [1.82, 2.24) is 28.2 Å². The van der Waals surface area contributed by atoms with Gasteiger partial charge >= 0.3 is 0 Å². The fraction of sp³-hybridized carbons (Fsp3) is 0.0145. The van der Waals surface area contributed by atoms with E-state index in [0.29, 0.717) is 22.3 Å². The van der Waals surface area contributed by atoms with Crippen LogP contribution in [0.25, 0.3) is 131 Å². The minimum Gasteiger partial charge on any atom is -0.361 e. The average molecular weight is 1010 g/mol. The first kappa shape index (κ1) is 44.9. The molecule has 6 aromatic heterocycles. The Kier molecular flexibility index (Phi) is 9.95. The number of nitrogens with zero attached hydrogens (tertiary/aromatic N) is 10. The number of para-hydroxylation sites is 8. The Bertz CT molecular complexity index is 4810. The summed E-state index contributed by atoms with van der Waals surface area (Å²) in [6.45, 7) is 8.76. The number of rotatable bonds is 7. The molecule has 0 bridgehead atoms. The standard InChI is InChI=1S/C69H38N10/c1-73-64-37-43(36-46(40-72)75-64)66-55(41-76-56-26-10-2-18-47(56)48-19-3-11-27-57(48)76)65(42-34-44(38-70)74-45(35-42)39-71)67(77-58-28-12-4-20-49(58)50-21-5-13-29-59(50)77)69(79-62-32-16-8-24-53(62)54-25-9-17-33-63(54)79)68(66)78-60-30-14-6-22-51(60)52-23-7-15-31-61(52)78/h2-37H,41H2. The molecular formula is C69H38N10. The smallest absolute Gasteiger partial charge is 0.271 e. The van der Waals surface area contributed by atoms with E-state index in [2.05, 4.69) is 245 Å². The molecule has 0 saturated carbocycles. The molecule has 0 aliphatic heterocycles. The number of nitriles is 3. The van der Waals surface area contributed by atoms with E-state index in [1.807, 2.05) is 0 Å². The summed E-state index contributed by atoms with van der Waals surface area (Å²) in [5.41, 5.74) is 13.4. The van der Waals surface area contributed by atoms with Crippen molar-refractivity contribution >= 4 is 93.0 Å². The van der Waals surface area contributed by atoms with Crippen LogP contribution in [-0.4, -0.2) is 28.2 Å². The van der Waals surface area contributed by atoms with Gasteiger partial charge in [-0.15, -0.1) is 4.98 Å². The zero-order chi connectivity index (χ0) is 52.9. The van der Waals surface area contributed by atoms with Crippen LogP contribution in [0.2, 0.25) is 0 Å². The molecule has 0 atom stereocenters. The lowest BCUT2D eigenvalue weighted by Gasteiger charge is -2.31. The van der Waals surface area contributed by atoms with Crippen molar-refractivity contribution in [2.24, 2.45) is 0 Å². The highest BCUT2D eigenvalue weighted by atomic mass is 15.1. The number of hydrogen-bond donors (Lipinski definition) is 0. The minimum atomic E-state index is 0.0546. The van der Waals surface area contributed by atoms with E-state index in [1.54, 1.807) is 24.3 Å². The van der Waals surface area contributed by atoms with Crippen molar-refractivity contribution in [2.45, 2.75) is 6.54 Å². The van der Waals surface area contributed by atoms with E-state index in [9.17, 15) is 15.8 Å². The first-order valence-electron chi connectivity index (χ1n) is 25.8. The number of aromatic nitrogens is 6. The van der Waals surface area contributed by atoms with Gasteiger partial charge in [-0.25, -0.2) is 4.98 Å². The van der Waals surface area contributed by atoms with Gasteiger partial charge in [0.1, 0.15) is 29.6 Å². The Morgan fingerprint density at radius 2 is 0.633 bits per heavy atom. The molecule has 364 valence electrons. The van der Waals surface area contributed by atoms with Crippen molar-refractivity contribution in [2.75, 3.05) is 0 Å². The number of pyridine rings is 2. The summed E-state index contributed by atoms with van der Waals surface area (Å²) in [6.07, 6.45) is 0. The lowest BCUT2D eigenvalue weighted by molar-refractivity contribution is 0.867. The van der Waals surface area contributed by atoms with Gasteiger partial charge in [0.2, 0.25) is 5.69 Å². The fourth-order valence-electron chi connectivity index (χ4n) is 12.6. The van der Waals surface area contributed by atoms with Gasteiger partial charge in [-0.05, 0) is 83.4 Å².